The highest BCUT2D eigenvalue weighted by Crippen LogP contribution is 2.39. The second-order valence-electron chi connectivity index (χ2n) is 7.11. The van der Waals surface area contributed by atoms with Crippen molar-refractivity contribution in [1.82, 2.24) is 4.90 Å². The molecule has 1 saturated heterocycles. The Morgan fingerprint density at radius 2 is 1.19 bits per heavy atom. The van der Waals surface area contributed by atoms with Gasteiger partial charge < -0.3 is 5.11 Å². The Morgan fingerprint density at radius 1 is 0.692 bits per heavy atom. The second-order valence-corrected chi connectivity index (χ2v) is 7.11. The van der Waals surface area contributed by atoms with E-state index in [1.165, 1.54) is 37.9 Å². The summed E-state index contributed by atoms with van der Waals surface area (Å²) in [4.78, 5) is 2.53. The predicted octanol–water partition coefficient (Wildman–Crippen LogP) is 5.71. The van der Waals surface area contributed by atoms with Gasteiger partial charge in [0.25, 0.3) is 0 Å². The van der Waals surface area contributed by atoms with Crippen LogP contribution in [0.15, 0.2) is 72.8 Å². The molecule has 1 fully saturated rings. The van der Waals surface area contributed by atoms with Crippen LogP contribution in [-0.4, -0.2) is 23.1 Å². The first-order valence-corrected chi connectivity index (χ1v) is 9.50. The molecule has 0 aliphatic carbocycles. The van der Waals surface area contributed by atoms with E-state index in [9.17, 15) is 5.11 Å². The Labute approximate surface area is 155 Å². The third-order valence-electron chi connectivity index (χ3n) is 5.19. The van der Waals surface area contributed by atoms with E-state index in [4.69, 9.17) is 0 Å². The van der Waals surface area contributed by atoms with Gasteiger partial charge in [-0.3, -0.25) is 4.90 Å². The molecule has 1 heterocycles. The van der Waals surface area contributed by atoms with Gasteiger partial charge in [-0.2, -0.15) is 0 Å². The number of phenolic OH excluding ortho intramolecular Hbond substituents is 1. The van der Waals surface area contributed by atoms with Gasteiger partial charge in [-0.15, -0.1) is 0 Å². The molecule has 1 N–H and O–H groups in total. The minimum absolute atomic E-state index is 0.366. The fourth-order valence-corrected chi connectivity index (χ4v) is 3.84. The summed E-state index contributed by atoms with van der Waals surface area (Å²) in [6.45, 7) is 3.28. The van der Waals surface area contributed by atoms with E-state index in [-0.39, 0.29) is 0 Å². The van der Waals surface area contributed by atoms with E-state index in [0.29, 0.717) is 5.75 Å². The fourth-order valence-electron chi connectivity index (χ4n) is 3.84. The highest BCUT2D eigenvalue weighted by molar-refractivity contribution is 5.82. The van der Waals surface area contributed by atoms with E-state index in [1.54, 1.807) is 0 Å². The number of likely N-dealkylation sites (tertiary alicyclic amines) is 1. The zero-order valence-corrected chi connectivity index (χ0v) is 15.1. The summed E-state index contributed by atoms with van der Waals surface area (Å²) in [5.41, 5.74) is 5.21. The van der Waals surface area contributed by atoms with Crippen molar-refractivity contribution in [3.05, 3.63) is 78.4 Å². The summed E-state index contributed by atoms with van der Waals surface area (Å²) in [6, 6.07) is 24.7. The van der Waals surface area contributed by atoms with E-state index in [1.807, 2.05) is 36.4 Å². The molecular formula is C24H25NO. The molecule has 0 bridgehead atoms. The third-order valence-corrected chi connectivity index (χ3v) is 5.19. The minimum Gasteiger partial charge on any atom is -0.507 e. The van der Waals surface area contributed by atoms with Crippen LogP contribution in [0.1, 0.15) is 24.8 Å². The number of hydrogen-bond donors (Lipinski definition) is 1. The van der Waals surface area contributed by atoms with Crippen molar-refractivity contribution < 1.29 is 5.11 Å². The van der Waals surface area contributed by atoms with Crippen molar-refractivity contribution in [1.29, 1.82) is 0 Å². The Balaban J connectivity index is 1.78. The number of piperidine rings is 1. The van der Waals surface area contributed by atoms with Crippen molar-refractivity contribution in [2.24, 2.45) is 0 Å². The molecule has 132 valence electrons. The standard InChI is InChI=1S/C24H25NO/c26-24-22(20-10-4-1-5-11-20)16-19(18-25-14-8-3-9-15-25)17-23(24)21-12-6-2-7-13-21/h1-2,4-7,10-13,16-17,26H,3,8-9,14-15,18H2. The first-order valence-electron chi connectivity index (χ1n) is 9.50. The summed E-state index contributed by atoms with van der Waals surface area (Å²) in [6.07, 6.45) is 3.92. The molecule has 0 amide bonds. The fraction of sp³-hybridized carbons (Fsp3) is 0.250. The van der Waals surface area contributed by atoms with Crippen LogP contribution in [0.4, 0.5) is 0 Å². The van der Waals surface area contributed by atoms with Crippen LogP contribution in [0.3, 0.4) is 0 Å². The summed E-state index contributed by atoms with van der Waals surface area (Å²) >= 11 is 0. The molecule has 0 saturated carbocycles. The number of phenols is 1. The molecule has 2 nitrogen and oxygen atoms in total. The predicted molar refractivity (Wildman–Crippen MR) is 108 cm³/mol. The van der Waals surface area contributed by atoms with Crippen molar-refractivity contribution in [3.8, 4) is 28.0 Å². The first-order chi connectivity index (χ1) is 12.8. The Kier molecular flexibility index (Phi) is 5.03. The maximum Gasteiger partial charge on any atom is 0.131 e. The van der Waals surface area contributed by atoms with Crippen molar-refractivity contribution >= 4 is 0 Å². The van der Waals surface area contributed by atoms with Crippen LogP contribution in [0.5, 0.6) is 5.75 Å². The molecule has 4 rings (SSSR count). The molecule has 2 heteroatoms. The van der Waals surface area contributed by atoms with Gasteiger partial charge in [-0.25, -0.2) is 0 Å². The zero-order valence-electron chi connectivity index (χ0n) is 15.1. The van der Waals surface area contributed by atoms with E-state index >= 15 is 0 Å². The Hall–Kier alpha value is -2.58. The van der Waals surface area contributed by atoms with Crippen molar-refractivity contribution in [2.75, 3.05) is 13.1 Å². The zero-order chi connectivity index (χ0) is 17.8. The van der Waals surface area contributed by atoms with Gasteiger partial charge >= 0.3 is 0 Å². The third kappa shape index (κ3) is 3.66. The lowest BCUT2D eigenvalue weighted by atomic mass is 9.94. The summed E-state index contributed by atoms with van der Waals surface area (Å²) in [5.74, 6) is 0.366. The number of nitrogens with zero attached hydrogens (tertiary/aromatic N) is 1. The normalized spacial score (nSPS) is 15.1. The molecule has 0 atom stereocenters. The molecule has 3 aromatic rings. The van der Waals surface area contributed by atoms with Gasteiger partial charge in [0.2, 0.25) is 0 Å². The van der Waals surface area contributed by atoms with Gasteiger partial charge in [0, 0.05) is 17.7 Å². The average Bonchev–Trinajstić information content (AvgIpc) is 2.71. The van der Waals surface area contributed by atoms with Crippen LogP contribution in [0, 0.1) is 0 Å². The summed E-state index contributed by atoms with van der Waals surface area (Å²) < 4.78 is 0. The lowest BCUT2D eigenvalue weighted by Crippen LogP contribution is -2.29. The molecule has 0 aromatic heterocycles. The number of benzene rings is 3. The maximum absolute atomic E-state index is 11.0. The van der Waals surface area contributed by atoms with Gasteiger partial charge in [-0.1, -0.05) is 67.1 Å². The van der Waals surface area contributed by atoms with Gasteiger partial charge in [0.15, 0.2) is 0 Å². The van der Waals surface area contributed by atoms with Gasteiger partial charge in [0.05, 0.1) is 0 Å². The van der Waals surface area contributed by atoms with Crippen molar-refractivity contribution in [3.63, 3.8) is 0 Å². The quantitative estimate of drug-likeness (QED) is 0.655. The molecule has 0 radical (unpaired) electrons. The van der Waals surface area contributed by atoms with E-state index in [2.05, 4.69) is 41.3 Å². The van der Waals surface area contributed by atoms with Crippen LogP contribution >= 0.6 is 0 Å². The summed E-state index contributed by atoms with van der Waals surface area (Å²) in [7, 11) is 0. The molecule has 1 aliphatic rings. The molecule has 0 unspecified atom stereocenters. The van der Waals surface area contributed by atoms with Crippen LogP contribution in [-0.2, 0) is 6.54 Å². The number of rotatable bonds is 4. The molecular weight excluding hydrogens is 318 g/mol. The largest absolute Gasteiger partial charge is 0.507 e. The molecule has 3 aromatic carbocycles. The number of aromatic hydroxyl groups is 1. The van der Waals surface area contributed by atoms with Gasteiger partial charge in [-0.05, 0) is 54.8 Å². The molecule has 26 heavy (non-hydrogen) atoms. The lowest BCUT2D eigenvalue weighted by Gasteiger charge is -2.27. The van der Waals surface area contributed by atoms with Crippen molar-refractivity contribution in [2.45, 2.75) is 25.8 Å². The van der Waals surface area contributed by atoms with Gasteiger partial charge in [0.1, 0.15) is 5.75 Å². The van der Waals surface area contributed by atoms with Crippen LogP contribution < -0.4 is 0 Å². The highest BCUT2D eigenvalue weighted by Gasteiger charge is 2.16. The smallest absolute Gasteiger partial charge is 0.131 e. The Bertz CT molecular complexity index is 791. The topological polar surface area (TPSA) is 23.5 Å². The highest BCUT2D eigenvalue weighted by atomic mass is 16.3. The number of hydrogen-bond acceptors (Lipinski definition) is 2. The van der Waals surface area contributed by atoms with Crippen LogP contribution in [0.2, 0.25) is 0 Å². The second kappa shape index (κ2) is 7.76. The Morgan fingerprint density at radius 3 is 1.69 bits per heavy atom. The maximum atomic E-state index is 11.0. The van der Waals surface area contributed by atoms with E-state index in [0.717, 1.165) is 28.8 Å². The van der Waals surface area contributed by atoms with E-state index < -0.39 is 0 Å². The minimum atomic E-state index is 0.366. The average molecular weight is 343 g/mol. The SMILES string of the molecule is Oc1c(-c2ccccc2)cc(CN2CCCCC2)cc1-c1ccccc1. The first kappa shape index (κ1) is 16.9. The lowest BCUT2D eigenvalue weighted by molar-refractivity contribution is 0.221. The van der Waals surface area contributed by atoms with Crippen LogP contribution in [0.25, 0.3) is 22.3 Å². The summed E-state index contributed by atoms with van der Waals surface area (Å²) in [5, 5.41) is 11.0. The monoisotopic (exact) mass is 343 g/mol. The molecule has 1 aliphatic heterocycles. The molecule has 0 spiro atoms.